The van der Waals surface area contributed by atoms with Crippen LogP contribution in [0.4, 0.5) is 0 Å². The maximum atomic E-state index is 6.82. The first-order valence-electron chi connectivity index (χ1n) is 23.3. The van der Waals surface area contributed by atoms with Crippen molar-refractivity contribution < 1.29 is 9.30 Å². The van der Waals surface area contributed by atoms with E-state index in [9.17, 15) is 0 Å². The average molecular weight is 868 g/mol. The minimum atomic E-state index is -0.142. The van der Waals surface area contributed by atoms with Gasteiger partial charge in [-0.25, -0.2) is 4.98 Å². The number of ether oxygens (including phenoxy) is 1. The second kappa shape index (κ2) is 15.3. The van der Waals surface area contributed by atoms with Gasteiger partial charge in [0.25, 0.3) is 6.33 Å². The van der Waals surface area contributed by atoms with Gasteiger partial charge in [0.2, 0.25) is 0 Å². The van der Waals surface area contributed by atoms with E-state index in [4.69, 9.17) is 9.72 Å². The molecule has 0 saturated carbocycles. The number of nitrogens with zero attached hydrogens (tertiary/aromatic N) is 4. The summed E-state index contributed by atoms with van der Waals surface area (Å²) >= 11 is 0. The Hall–Kier alpha value is -8.02. The molecule has 0 radical (unpaired) electrons. The Kier molecular flexibility index (Phi) is 9.24. The van der Waals surface area contributed by atoms with E-state index in [1.165, 1.54) is 61.1 Å². The van der Waals surface area contributed by atoms with Crippen LogP contribution in [0.2, 0.25) is 0 Å². The van der Waals surface area contributed by atoms with Crippen LogP contribution in [0.1, 0.15) is 56.9 Å². The summed E-state index contributed by atoms with van der Waals surface area (Å²) in [6.07, 6.45) is 4.27. The molecule has 5 nitrogen and oxygen atoms in total. The quantitative estimate of drug-likeness (QED) is 0.150. The normalized spacial score (nSPS) is 13.0. The number of aryl methyl sites for hydroxylation is 1. The van der Waals surface area contributed by atoms with Crippen molar-refractivity contribution in [1.82, 2.24) is 14.1 Å². The number of rotatable bonds is 7. The van der Waals surface area contributed by atoms with Crippen molar-refractivity contribution in [2.45, 2.75) is 52.4 Å². The lowest BCUT2D eigenvalue weighted by Gasteiger charge is -2.22. The van der Waals surface area contributed by atoms with E-state index in [1.807, 2.05) is 12.3 Å². The molecule has 0 fully saturated rings. The zero-order valence-corrected chi connectivity index (χ0v) is 38.7. The van der Waals surface area contributed by atoms with Crippen molar-refractivity contribution in [2.75, 3.05) is 0 Å². The highest BCUT2D eigenvalue weighted by Crippen LogP contribution is 2.52. The fourth-order valence-corrected chi connectivity index (χ4v) is 10.6. The van der Waals surface area contributed by atoms with Gasteiger partial charge in [0, 0.05) is 51.2 Å². The average Bonchev–Trinajstić information content (AvgIpc) is 3.97. The lowest BCUT2D eigenvalue weighted by molar-refractivity contribution is -0.566. The van der Waals surface area contributed by atoms with E-state index in [0.29, 0.717) is 0 Å². The fourth-order valence-electron chi connectivity index (χ4n) is 10.6. The molecule has 0 saturated heterocycles. The molecule has 0 N–H and O–H groups in total. The van der Waals surface area contributed by atoms with Crippen LogP contribution in [0, 0.1) is 6.92 Å². The molecule has 1 aliphatic carbocycles. The largest absolute Gasteiger partial charge is 0.457 e. The van der Waals surface area contributed by atoms with Crippen LogP contribution < -0.4 is 9.30 Å². The van der Waals surface area contributed by atoms with Gasteiger partial charge in [0.1, 0.15) is 28.7 Å². The summed E-state index contributed by atoms with van der Waals surface area (Å²) in [5.41, 5.74) is 18.9. The molecule has 0 amide bonds. The van der Waals surface area contributed by atoms with E-state index in [2.05, 4.69) is 244 Å². The SMILES string of the molecule is Cc1cc(-n2c3ccccc3c3ccc(Oc4cccc(-n5c[n+](-c6c(-c7ccccc7)ccc7c6-c6ccccc6C7(C)C)c6ccccc65)c4)cc32)ncc1-c1ccc(C(C)(C)C)cc1. The molecular weight excluding hydrogens is 817 g/mol. The smallest absolute Gasteiger partial charge is 0.255 e. The minimum absolute atomic E-state index is 0.0983. The molecule has 12 rings (SSSR count). The number of fused-ring (bicyclic) bond motifs is 7. The zero-order valence-electron chi connectivity index (χ0n) is 38.7. The lowest BCUT2D eigenvalue weighted by atomic mass is 9.82. The molecule has 3 heterocycles. The Morgan fingerprint density at radius 3 is 2.06 bits per heavy atom. The first-order chi connectivity index (χ1) is 32.5. The van der Waals surface area contributed by atoms with Gasteiger partial charge >= 0.3 is 0 Å². The summed E-state index contributed by atoms with van der Waals surface area (Å²) < 4.78 is 13.8. The third-order valence-electron chi connectivity index (χ3n) is 14.0. The number of pyridine rings is 1. The molecule has 324 valence electrons. The van der Waals surface area contributed by atoms with Crippen molar-refractivity contribution in [3.05, 3.63) is 223 Å². The van der Waals surface area contributed by atoms with Crippen LogP contribution in [-0.2, 0) is 10.8 Å². The highest BCUT2D eigenvalue weighted by atomic mass is 16.5. The fraction of sp³-hybridized carbons (Fsp3) is 0.129. The van der Waals surface area contributed by atoms with Crippen LogP contribution in [0.3, 0.4) is 0 Å². The van der Waals surface area contributed by atoms with Crippen LogP contribution in [0.15, 0.2) is 201 Å². The van der Waals surface area contributed by atoms with Crippen LogP contribution in [0.5, 0.6) is 11.5 Å². The Bertz CT molecular complexity index is 3730. The number of benzene rings is 8. The van der Waals surface area contributed by atoms with Crippen molar-refractivity contribution in [2.24, 2.45) is 0 Å². The number of hydrogen-bond donors (Lipinski definition) is 0. The Balaban J connectivity index is 0.945. The van der Waals surface area contributed by atoms with Gasteiger partial charge in [-0.3, -0.25) is 4.57 Å². The molecular formula is C62H51N4O+. The number of aromatic nitrogens is 4. The van der Waals surface area contributed by atoms with Gasteiger partial charge < -0.3 is 4.74 Å². The summed E-state index contributed by atoms with van der Waals surface area (Å²) in [4.78, 5) is 5.11. The first-order valence-corrected chi connectivity index (χ1v) is 23.3. The highest BCUT2D eigenvalue weighted by Gasteiger charge is 2.40. The minimum Gasteiger partial charge on any atom is -0.457 e. The Labute approximate surface area is 391 Å². The maximum Gasteiger partial charge on any atom is 0.255 e. The van der Waals surface area contributed by atoms with E-state index in [1.54, 1.807) is 0 Å². The molecule has 5 heteroatoms. The molecule has 8 aromatic carbocycles. The van der Waals surface area contributed by atoms with Gasteiger partial charge in [-0.05, 0) is 106 Å². The summed E-state index contributed by atoms with van der Waals surface area (Å²) in [5, 5.41) is 2.32. The Morgan fingerprint density at radius 1 is 0.552 bits per heavy atom. The topological polar surface area (TPSA) is 35.9 Å². The second-order valence-corrected chi connectivity index (χ2v) is 19.6. The van der Waals surface area contributed by atoms with Gasteiger partial charge in [-0.1, -0.05) is 156 Å². The standard InChI is InChI=1S/C62H51N4O/c1-40-35-58(63-38-51(40)42-27-29-43(30-28-42)61(2,3)4)66-54-24-13-11-21-48(54)49-32-31-46(37-57(49)66)67-45-20-16-19-44(36-45)64-39-65(56-26-15-14-25-55(56)64)60-47(41-17-8-7-9-18-41)33-34-53-59(60)50-22-10-12-23-52(50)62(53,5)6/h7-39H,1-6H3/q+1. The second-order valence-electron chi connectivity index (χ2n) is 19.6. The molecule has 0 unspecified atom stereocenters. The van der Waals surface area contributed by atoms with Crippen LogP contribution >= 0.6 is 0 Å². The van der Waals surface area contributed by atoms with E-state index >= 15 is 0 Å². The molecule has 0 spiro atoms. The summed E-state index contributed by atoms with van der Waals surface area (Å²) in [5.74, 6) is 2.38. The Morgan fingerprint density at radius 2 is 1.25 bits per heavy atom. The molecule has 0 aliphatic heterocycles. The molecule has 1 aliphatic rings. The zero-order chi connectivity index (χ0) is 45.6. The predicted molar refractivity (Wildman–Crippen MR) is 275 cm³/mol. The molecule has 67 heavy (non-hydrogen) atoms. The molecule has 0 atom stereocenters. The maximum absolute atomic E-state index is 6.82. The third-order valence-corrected chi connectivity index (χ3v) is 14.0. The number of imidazole rings is 1. The van der Waals surface area contributed by atoms with Crippen molar-refractivity contribution in [3.63, 3.8) is 0 Å². The van der Waals surface area contributed by atoms with E-state index in [-0.39, 0.29) is 10.8 Å². The molecule has 0 bridgehead atoms. The monoisotopic (exact) mass is 867 g/mol. The molecule has 11 aromatic rings. The van der Waals surface area contributed by atoms with Crippen molar-refractivity contribution in [3.8, 4) is 62.1 Å². The van der Waals surface area contributed by atoms with Gasteiger partial charge in [-0.2, -0.15) is 9.13 Å². The van der Waals surface area contributed by atoms with Gasteiger partial charge in [-0.15, -0.1) is 0 Å². The summed E-state index contributed by atoms with van der Waals surface area (Å²) in [6.45, 7) is 13.6. The van der Waals surface area contributed by atoms with Crippen molar-refractivity contribution in [1.29, 1.82) is 0 Å². The van der Waals surface area contributed by atoms with Crippen molar-refractivity contribution >= 4 is 32.8 Å². The number of hydrogen-bond acceptors (Lipinski definition) is 2. The van der Waals surface area contributed by atoms with E-state index in [0.717, 1.165) is 56.0 Å². The summed E-state index contributed by atoms with van der Waals surface area (Å²) in [6, 6.07) is 67.6. The number of para-hydroxylation sites is 3. The lowest BCUT2D eigenvalue weighted by Crippen LogP contribution is -2.31. The van der Waals surface area contributed by atoms with Gasteiger partial charge in [0.15, 0.2) is 11.0 Å². The van der Waals surface area contributed by atoms with Crippen LogP contribution in [0.25, 0.3) is 83.4 Å². The van der Waals surface area contributed by atoms with E-state index < -0.39 is 0 Å². The predicted octanol–water partition coefficient (Wildman–Crippen LogP) is 15.4. The molecule has 3 aromatic heterocycles. The summed E-state index contributed by atoms with van der Waals surface area (Å²) in [7, 11) is 0. The highest BCUT2D eigenvalue weighted by molar-refractivity contribution is 6.09. The van der Waals surface area contributed by atoms with Gasteiger partial charge in [0.05, 0.1) is 11.0 Å². The first kappa shape index (κ1) is 40.5. The third kappa shape index (κ3) is 6.60. The van der Waals surface area contributed by atoms with Crippen LogP contribution in [-0.4, -0.2) is 14.1 Å².